The molecule has 4 nitrogen and oxygen atoms in total. The summed E-state index contributed by atoms with van der Waals surface area (Å²) in [5.74, 6) is 0.768. The molecule has 0 amide bonds. The Morgan fingerprint density at radius 3 is 2.45 bits per heavy atom. The van der Waals surface area contributed by atoms with Gasteiger partial charge in [-0.3, -0.25) is 4.99 Å². The van der Waals surface area contributed by atoms with Gasteiger partial charge in [0.25, 0.3) is 0 Å². The van der Waals surface area contributed by atoms with Gasteiger partial charge in [-0.25, -0.2) is 0 Å². The van der Waals surface area contributed by atoms with Crippen molar-refractivity contribution in [2.45, 2.75) is 12.8 Å². The predicted octanol–water partition coefficient (Wildman–Crippen LogP) is 2.74. The lowest BCUT2D eigenvalue weighted by Crippen LogP contribution is -2.39. The Labute approximate surface area is 130 Å². The Bertz CT molecular complexity index is 418. The molecule has 0 unspecified atom stereocenters. The first kappa shape index (κ1) is 17.1. The molecular weight excluding hydrogens is 297 g/mol. The molecule has 0 aliphatic carbocycles. The summed E-state index contributed by atoms with van der Waals surface area (Å²) in [5.41, 5.74) is 0.957. The molecule has 0 fully saturated rings. The summed E-state index contributed by atoms with van der Waals surface area (Å²) >= 11 is 12.3. The molecule has 0 aliphatic rings. The smallest absolute Gasteiger partial charge is 0.190 e. The molecule has 0 saturated heterocycles. The van der Waals surface area contributed by atoms with E-state index in [9.17, 15) is 0 Å². The number of hydrogen-bond donors (Lipinski definition) is 2. The summed E-state index contributed by atoms with van der Waals surface area (Å²) in [4.78, 5) is 4.15. The van der Waals surface area contributed by atoms with Crippen LogP contribution in [0, 0.1) is 0 Å². The molecule has 0 aromatic heterocycles. The topological polar surface area (TPSA) is 45.7 Å². The fourth-order valence-electron chi connectivity index (χ4n) is 1.72. The van der Waals surface area contributed by atoms with Crippen molar-refractivity contribution >= 4 is 29.2 Å². The summed E-state index contributed by atoms with van der Waals surface area (Å²) in [7, 11) is 3.44. The number of guanidine groups is 1. The molecule has 0 radical (unpaired) electrons. The van der Waals surface area contributed by atoms with Crippen LogP contribution >= 0.6 is 23.2 Å². The van der Waals surface area contributed by atoms with Crippen LogP contribution in [0.2, 0.25) is 10.0 Å². The van der Waals surface area contributed by atoms with Crippen LogP contribution in [0.25, 0.3) is 0 Å². The Balaban J connectivity index is 2.35. The minimum absolute atomic E-state index is 0.697. The molecule has 0 aliphatic heterocycles. The van der Waals surface area contributed by atoms with Crippen LogP contribution in [-0.2, 0) is 11.2 Å². The van der Waals surface area contributed by atoms with Crippen molar-refractivity contribution in [3.05, 3.63) is 33.8 Å². The fraction of sp³-hybridized carbons (Fsp3) is 0.500. The van der Waals surface area contributed by atoms with Gasteiger partial charge in [-0.2, -0.15) is 0 Å². The van der Waals surface area contributed by atoms with Gasteiger partial charge >= 0.3 is 0 Å². The van der Waals surface area contributed by atoms with Crippen LogP contribution in [0.1, 0.15) is 12.0 Å². The van der Waals surface area contributed by atoms with Gasteiger partial charge in [0.05, 0.1) is 0 Å². The Kier molecular flexibility index (Phi) is 8.42. The van der Waals surface area contributed by atoms with Crippen LogP contribution in [0.15, 0.2) is 23.2 Å². The quantitative estimate of drug-likeness (QED) is 0.462. The van der Waals surface area contributed by atoms with Crippen molar-refractivity contribution < 1.29 is 4.74 Å². The van der Waals surface area contributed by atoms with Gasteiger partial charge in [0.2, 0.25) is 0 Å². The minimum atomic E-state index is 0.697. The number of nitrogens with zero attached hydrogens (tertiary/aromatic N) is 1. The lowest BCUT2D eigenvalue weighted by Gasteiger charge is -2.12. The molecule has 0 saturated carbocycles. The summed E-state index contributed by atoms with van der Waals surface area (Å²) in [5, 5.41) is 7.84. The highest BCUT2D eigenvalue weighted by atomic mass is 35.5. The van der Waals surface area contributed by atoms with Crippen molar-refractivity contribution in [2.75, 3.05) is 33.9 Å². The first-order valence-electron chi connectivity index (χ1n) is 6.55. The standard InChI is InChI=1S/C14H21Cl2N3O/c1-17-14(18-8-4-10-20-2)19-9-7-11-12(15)5-3-6-13(11)16/h3,5-6H,4,7-10H2,1-2H3,(H2,17,18,19). The molecule has 1 rings (SSSR count). The lowest BCUT2D eigenvalue weighted by molar-refractivity contribution is 0.195. The summed E-state index contributed by atoms with van der Waals surface area (Å²) in [6.07, 6.45) is 1.69. The third kappa shape index (κ3) is 5.99. The van der Waals surface area contributed by atoms with Crippen molar-refractivity contribution in [3.8, 4) is 0 Å². The maximum Gasteiger partial charge on any atom is 0.190 e. The molecule has 0 bridgehead atoms. The predicted molar refractivity (Wildman–Crippen MR) is 86.0 cm³/mol. The summed E-state index contributed by atoms with van der Waals surface area (Å²) in [6.45, 7) is 2.27. The Hall–Kier alpha value is -0.970. The van der Waals surface area contributed by atoms with Crippen molar-refractivity contribution in [3.63, 3.8) is 0 Å². The van der Waals surface area contributed by atoms with Gasteiger partial charge in [0, 0.05) is 43.9 Å². The zero-order valence-corrected chi connectivity index (χ0v) is 13.4. The molecule has 0 spiro atoms. The molecule has 20 heavy (non-hydrogen) atoms. The first-order valence-corrected chi connectivity index (χ1v) is 7.31. The summed E-state index contributed by atoms with van der Waals surface area (Å²) in [6, 6.07) is 5.54. The van der Waals surface area contributed by atoms with E-state index in [1.807, 2.05) is 18.2 Å². The average molecular weight is 318 g/mol. The van der Waals surface area contributed by atoms with Crippen LogP contribution in [0.3, 0.4) is 0 Å². The Morgan fingerprint density at radius 1 is 1.20 bits per heavy atom. The highest BCUT2D eigenvalue weighted by Crippen LogP contribution is 2.24. The van der Waals surface area contributed by atoms with Gasteiger partial charge in [-0.15, -0.1) is 0 Å². The molecule has 112 valence electrons. The zero-order chi connectivity index (χ0) is 14.8. The van der Waals surface area contributed by atoms with Crippen LogP contribution in [0.5, 0.6) is 0 Å². The van der Waals surface area contributed by atoms with Crippen LogP contribution in [0.4, 0.5) is 0 Å². The fourth-order valence-corrected chi connectivity index (χ4v) is 2.31. The third-order valence-corrected chi connectivity index (χ3v) is 3.48. The van der Waals surface area contributed by atoms with Gasteiger partial charge in [-0.1, -0.05) is 29.3 Å². The highest BCUT2D eigenvalue weighted by molar-refractivity contribution is 6.35. The molecule has 0 heterocycles. The van der Waals surface area contributed by atoms with E-state index in [2.05, 4.69) is 15.6 Å². The number of hydrogen-bond acceptors (Lipinski definition) is 2. The Morgan fingerprint density at radius 2 is 1.85 bits per heavy atom. The molecule has 6 heteroatoms. The second kappa shape index (κ2) is 9.86. The summed E-state index contributed by atoms with van der Waals surface area (Å²) < 4.78 is 4.99. The van der Waals surface area contributed by atoms with E-state index in [4.69, 9.17) is 27.9 Å². The SMILES string of the molecule is CN=C(NCCCOC)NCCc1c(Cl)cccc1Cl. The largest absolute Gasteiger partial charge is 0.385 e. The highest BCUT2D eigenvalue weighted by Gasteiger charge is 2.05. The second-order valence-corrected chi connectivity index (χ2v) is 5.04. The number of rotatable bonds is 7. The van der Waals surface area contributed by atoms with Gasteiger partial charge in [-0.05, 0) is 30.5 Å². The van der Waals surface area contributed by atoms with Crippen LogP contribution in [-0.4, -0.2) is 39.8 Å². The monoisotopic (exact) mass is 317 g/mol. The zero-order valence-electron chi connectivity index (χ0n) is 11.9. The van der Waals surface area contributed by atoms with E-state index in [0.29, 0.717) is 16.6 Å². The van der Waals surface area contributed by atoms with Crippen molar-refractivity contribution in [2.24, 2.45) is 4.99 Å². The number of methoxy groups -OCH3 is 1. The number of nitrogens with one attached hydrogen (secondary N) is 2. The van der Waals surface area contributed by atoms with E-state index >= 15 is 0 Å². The minimum Gasteiger partial charge on any atom is -0.385 e. The van der Waals surface area contributed by atoms with Gasteiger partial charge < -0.3 is 15.4 Å². The maximum absolute atomic E-state index is 6.13. The van der Waals surface area contributed by atoms with E-state index in [-0.39, 0.29) is 0 Å². The van der Waals surface area contributed by atoms with Gasteiger partial charge in [0.15, 0.2) is 5.96 Å². The molecule has 0 atom stereocenters. The molecular formula is C14H21Cl2N3O. The van der Waals surface area contributed by atoms with Crippen molar-refractivity contribution in [1.82, 2.24) is 10.6 Å². The number of ether oxygens (including phenoxy) is 1. The van der Waals surface area contributed by atoms with Gasteiger partial charge in [0.1, 0.15) is 0 Å². The number of halogens is 2. The number of aliphatic imine (C=N–C) groups is 1. The van der Waals surface area contributed by atoms with Crippen molar-refractivity contribution in [1.29, 1.82) is 0 Å². The second-order valence-electron chi connectivity index (χ2n) is 4.22. The molecule has 2 N–H and O–H groups in total. The normalized spacial score (nSPS) is 11.5. The molecule has 1 aromatic carbocycles. The van der Waals surface area contributed by atoms with E-state index in [1.54, 1.807) is 14.2 Å². The van der Waals surface area contributed by atoms with E-state index < -0.39 is 0 Å². The molecule has 1 aromatic rings. The number of benzene rings is 1. The third-order valence-electron chi connectivity index (χ3n) is 2.77. The average Bonchev–Trinajstić information content (AvgIpc) is 2.44. The van der Waals surface area contributed by atoms with Crippen LogP contribution < -0.4 is 10.6 Å². The first-order chi connectivity index (χ1) is 9.69. The lowest BCUT2D eigenvalue weighted by atomic mass is 10.1. The van der Waals surface area contributed by atoms with E-state index in [0.717, 1.165) is 37.5 Å². The maximum atomic E-state index is 6.13. The van der Waals surface area contributed by atoms with E-state index in [1.165, 1.54) is 0 Å².